The van der Waals surface area contributed by atoms with Gasteiger partial charge in [-0.2, -0.15) is 0 Å². The molecule has 0 bridgehead atoms. The maximum Gasteiger partial charge on any atom is 1.00 e. The van der Waals surface area contributed by atoms with E-state index in [4.69, 9.17) is 4.74 Å². The summed E-state index contributed by atoms with van der Waals surface area (Å²) < 4.78 is 74.7. The second-order valence-corrected chi connectivity index (χ2v) is 10.9. The zero-order chi connectivity index (χ0) is 24.3. The smallest absolute Gasteiger partial charge is 0.744 e. The maximum atomic E-state index is 12.0. The molecule has 0 unspecified atom stereocenters. The van der Waals surface area contributed by atoms with E-state index in [1.165, 1.54) is 56.7 Å². The monoisotopic (exact) mass is 542 g/mol. The van der Waals surface area contributed by atoms with Crippen LogP contribution in [0.5, 0.6) is 11.5 Å². The summed E-state index contributed by atoms with van der Waals surface area (Å²) in [7, 11) is -9.41. The van der Waals surface area contributed by atoms with E-state index >= 15 is 0 Å². The van der Waals surface area contributed by atoms with Crippen LogP contribution in [0.1, 0.15) is 76.7 Å². The molecule has 184 valence electrons. The number of benzene rings is 2. The largest absolute Gasteiger partial charge is 1.00 e. The molecule has 0 aliphatic rings. The minimum atomic E-state index is -4.80. The summed E-state index contributed by atoms with van der Waals surface area (Å²) in [6.45, 7) is 2.20. The van der Waals surface area contributed by atoms with Crippen LogP contribution in [0.25, 0.3) is 0 Å². The van der Waals surface area contributed by atoms with Gasteiger partial charge in [0.2, 0.25) is 0 Å². The molecule has 0 heterocycles. The second-order valence-electron chi connectivity index (χ2n) is 8.16. The molecule has 0 saturated carbocycles. The molecule has 0 N–H and O–H groups in total. The standard InChI is InChI=1S/C24H34O7S2.2Na/c1-2-3-4-5-6-7-8-9-10-11-13-20-14-12-15-23(24(20)33(28,29)30)31-21-16-18-22(19-17-21)32(25,26)27;;/h12,14-19H,2-11,13H2,1H3,(H,25,26,27)(H,28,29,30);;/q;2*+1/p-2. The first-order chi connectivity index (χ1) is 15.6. The van der Waals surface area contributed by atoms with Crippen molar-refractivity contribution in [3.05, 3.63) is 48.0 Å². The van der Waals surface area contributed by atoms with Crippen LogP contribution in [0.4, 0.5) is 0 Å². The Balaban J connectivity index is 0.00000578. The Hall–Kier alpha value is 0.0600. The Kier molecular flexibility index (Phi) is 17.6. The van der Waals surface area contributed by atoms with Crippen LogP contribution in [0.2, 0.25) is 0 Å². The molecule has 7 nitrogen and oxygen atoms in total. The molecular formula is C24H32Na2O7S2. The maximum absolute atomic E-state index is 12.0. The molecule has 0 saturated heterocycles. The van der Waals surface area contributed by atoms with Crippen LogP contribution in [0, 0.1) is 0 Å². The fraction of sp³-hybridized carbons (Fsp3) is 0.500. The van der Waals surface area contributed by atoms with Crippen molar-refractivity contribution < 1.29 is 89.8 Å². The Morgan fingerprint density at radius 1 is 0.686 bits per heavy atom. The summed E-state index contributed by atoms with van der Waals surface area (Å²) in [5, 5.41) is 0. The van der Waals surface area contributed by atoms with Crippen LogP contribution >= 0.6 is 0 Å². The third kappa shape index (κ3) is 12.9. The van der Waals surface area contributed by atoms with Crippen molar-refractivity contribution in [2.24, 2.45) is 0 Å². The van der Waals surface area contributed by atoms with Gasteiger partial charge < -0.3 is 13.8 Å². The van der Waals surface area contributed by atoms with Gasteiger partial charge in [-0.15, -0.1) is 0 Å². The van der Waals surface area contributed by atoms with Gasteiger partial charge in [0.25, 0.3) is 0 Å². The van der Waals surface area contributed by atoms with Gasteiger partial charge in [0, 0.05) is 0 Å². The Morgan fingerprint density at radius 3 is 1.69 bits per heavy atom. The third-order valence-corrected chi connectivity index (χ3v) is 7.26. The number of hydrogen-bond acceptors (Lipinski definition) is 7. The summed E-state index contributed by atoms with van der Waals surface area (Å²) in [5.74, 6) is -0.00398. The number of hydrogen-bond donors (Lipinski definition) is 0. The molecule has 0 atom stereocenters. The third-order valence-electron chi connectivity index (χ3n) is 5.45. The first-order valence-electron chi connectivity index (χ1n) is 11.4. The number of aryl methyl sites for hydroxylation is 1. The van der Waals surface area contributed by atoms with E-state index in [0.717, 1.165) is 37.8 Å². The van der Waals surface area contributed by atoms with Gasteiger partial charge >= 0.3 is 59.1 Å². The van der Waals surface area contributed by atoms with Crippen LogP contribution in [0.3, 0.4) is 0 Å². The second kappa shape index (κ2) is 17.5. The van der Waals surface area contributed by atoms with E-state index in [9.17, 15) is 25.9 Å². The average molecular weight is 543 g/mol. The SMILES string of the molecule is CCCCCCCCCCCCc1cccc(Oc2ccc(S(=O)(=O)[O-])cc2)c1S(=O)(=O)[O-].[Na+].[Na+]. The van der Waals surface area contributed by atoms with Crippen molar-refractivity contribution in [1.82, 2.24) is 0 Å². The van der Waals surface area contributed by atoms with Crippen LogP contribution in [-0.4, -0.2) is 25.9 Å². The molecule has 2 rings (SSSR count). The molecule has 0 aliphatic carbocycles. The Morgan fingerprint density at radius 2 is 1.20 bits per heavy atom. The van der Waals surface area contributed by atoms with Gasteiger partial charge in [0.05, 0.1) is 4.90 Å². The van der Waals surface area contributed by atoms with Crippen LogP contribution in [-0.2, 0) is 26.7 Å². The summed E-state index contributed by atoms with van der Waals surface area (Å²) in [4.78, 5) is -0.831. The van der Waals surface area contributed by atoms with Gasteiger partial charge in [-0.25, -0.2) is 16.8 Å². The van der Waals surface area contributed by atoms with Gasteiger partial charge in [-0.3, -0.25) is 0 Å². The Labute approximate surface area is 254 Å². The normalized spacial score (nSPS) is 11.4. The van der Waals surface area contributed by atoms with Crippen LogP contribution in [0.15, 0.2) is 52.3 Å². The fourth-order valence-electron chi connectivity index (χ4n) is 3.73. The molecule has 0 radical (unpaired) electrons. The van der Waals surface area contributed by atoms with Crippen molar-refractivity contribution in [3.8, 4) is 11.5 Å². The van der Waals surface area contributed by atoms with E-state index in [1.807, 2.05) is 0 Å². The van der Waals surface area contributed by atoms with Gasteiger partial charge in [0.1, 0.15) is 36.6 Å². The molecule has 0 amide bonds. The first-order valence-corrected chi connectivity index (χ1v) is 14.3. The van der Waals surface area contributed by atoms with E-state index in [2.05, 4.69) is 6.92 Å². The fourth-order valence-corrected chi connectivity index (χ4v) is 5.04. The van der Waals surface area contributed by atoms with Crippen molar-refractivity contribution in [2.75, 3.05) is 0 Å². The van der Waals surface area contributed by atoms with E-state index in [-0.39, 0.29) is 70.6 Å². The summed E-state index contributed by atoms with van der Waals surface area (Å²) in [6.07, 6.45) is 11.9. The molecule has 2 aromatic carbocycles. The molecule has 2 aromatic rings. The molecular weight excluding hydrogens is 510 g/mol. The van der Waals surface area contributed by atoms with Gasteiger partial charge in [-0.05, 0) is 48.7 Å². The van der Waals surface area contributed by atoms with Crippen molar-refractivity contribution in [1.29, 1.82) is 0 Å². The van der Waals surface area contributed by atoms with Crippen molar-refractivity contribution in [3.63, 3.8) is 0 Å². The van der Waals surface area contributed by atoms with Crippen LogP contribution < -0.4 is 63.9 Å². The Bertz CT molecular complexity index is 1090. The average Bonchev–Trinajstić information content (AvgIpc) is 2.74. The minimum absolute atomic E-state index is 0. The zero-order valence-electron chi connectivity index (χ0n) is 21.0. The van der Waals surface area contributed by atoms with E-state index in [1.54, 1.807) is 12.1 Å². The molecule has 0 aromatic heterocycles. The summed E-state index contributed by atoms with van der Waals surface area (Å²) in [6, 6.07) is 9.21. The topological polar surface area (TPSA) is 124 Å². The molecule has 11 heteroatoms. The number of ether oxygens (including phenoxy) is 1. The quantitative estimate of drug-likeness (QED) is 0.173. The van der Waals surface area contributed by atoms with Gasteiger partial charge in [0.15, 0.2) is 0 Å². The molecule has 0 aliphatic heterocycles. The minimum Gasteiger partial charge on any atom is -0.744 e. The van der Waals surface area contributed by atoms with Gasteiger partial charge in [-0.1, -0.05) is 76.8 Å². The number of rotatable bonds is 15. The first kappa shape index (κ1) is 35.1. The number of unbranched alkanes of at least 4 members (excludes halogenated alkanes) is 9. The van der Waals surface area contributed by atoms with Crippen molar-refractivity contribution >= 4 is 20.2 Å². The predicted octanol–water partition coefficient (Wildman–Crippen LogP) is -0.241. The molecule has 35 heavy (non-hydrogen) atoms. The van der Waals surface area contributed by atoms with Crippen molar-refractivity contribution in [2.45, 2.75) is 87.3 Å². The summed E-state index contributed by atoms with van der Waals surface area (Å²) in [5.41, 5.74) is 0.404. The predicted molar refractivity (Wildman–Crippen MR) is 124 cm³/mol. The zero-order valence-corrected chi connectivity index (χ0v) is 26.6. The molecule has 0 fully saturated rings. The molecule has 0 spiro atoms. The van der Waals surface area contributed by atoms with E-state index in [0.29, 0.717) is 12.0 Å². The summed E-state index contributed by atoms with van der Waals surface area (Å²) >= 11 is 0. The van der Waals surface area contributed by atoms with E-state index < -0.39 is 30.0 Å².